The number of amides is 1. The number of pyridine rings is 1. The third-order valence-electron chi connectivity index (χ3n) is 3.47. The molecule has 1 aliphatic heterocycles. The molecular weight excluding hydrogens is 311 g/mol. The van der Waals surface area contributed by atoms with Gasteiger partial charge in [0, 0.05) is 39.4 Å². The number of rotatable bonds is 5. The van der Waals surface area contributed by atoms with Gasteiger partial charge in [-0.1, -0.05) is 0 Å². The quantitative estimate of drug-likeness (QED) is 0.892. The molecule has 1 saturated heterocycles. The smallest absolute Gasteiger partial charge is 0.257 e. The summed E-state index contributed by atoms with van der Waals surface area (Å²) in [6.07, 6.45) is 4.12. The zero-order valence-electron chi connectivity index (χ0n) is 12.5. The summed E-state index contributed by atoms with van der Waals surface area (Å²) < 4.78 is 0. The van der Waals surface area contributed by atoms with E-state index >= 15 is 0 Å². The number of anilines is 1. The van der Waals surface area contributed by atoms with Crippen molar-refractivity contribution in [2.45, 2.75) is 12.8 Å². The summed E-state index contributed by atoms with van der Waals surface area (Å²) in [6.45, 7) is 3.49. The van der Waals surface area contributed by atoms with Crippen LogP contribution in [-0.2, 0) is 0 Å². The minimum absolute atomic E-state index is 0. The first-order chi connectivity index (χ1) is 9.24. The van der Waals surface area contributed by atoms with E-state index in [9.17, 15) is 4.79 Å². The molecule has 2 rings (SSSR count). The Hall–Kier alpha value is -1.04. The van der Waals surface area contributed by atoms with Gasteiger partial charge in [-0.2, -0.15) is 0 Å². The molecule has 5 nitrogen and oxygen atoms in total. The highest BCUT2D eigenvalue weighted by Gasteiger charge is 2.22. The predicted octanol–water partition coefficient (Wildman–Crippen LogP) is 1.82. The number of nitrogens with zero attached hydrogens (tertiary/aromatic N) is 3. The predicted molar refractivity (Wildman–Crippen MR) is 91.1 cm³/mol. The highest BCUT2D eigenvalue weighted by Crippen LogP contribution is 2.22. The molecule has 1 aliphatic rings. The molecule has 0 aliphatic carbocycles. The highest BCUT2D eigenvalue weighted by molar-refractivity contribution is 5.98. The Morgan fingerprint density at radius 1 is 1.38 bits per heavy atom. The van der Waals surface area contributed by atoms with E-state index in [1.165, 1.54) is 12.8 Å². The summed E-state index contributed by atoms with van der Waals surface area (Å²) >= 11 is 0. The van der Waals surface area contributed by atoms with Crippen LogP contribution < -0.4 is 10.2 Å². The van der Waals surface area contributed by atoms with Crippen LogP contribution in [0.3, 0.4) is 0 Å². The topological polar surface area (TPSA) is 48.5 Å². The van der Waals surface area contributed by atoms with Crippen LogP contribution in [0.1, 0.15) is 23.2 Å². The van der Waals surface area contributed by atoms with E-state index < -0.39 is 0 Å². The number of aromatic nitrogens is 1. The summed E-state index contributed by atoms with van der Waals surface area (Å²) in [7, 11) is 3.72. The number of hydrogen-bond donors (Lipinski definition) is 1. The molecule has 120 valence electrons. The first-order valence-electron chi connectivity index (χ1n) is 6.84. The number of nitrogens with one attached hydrogen (secondary N) is 1. The Labute approximate surface area is 138 Å². The minimum Gasteiger partial charge on any atom is -0.356 e. The van der Waals surface area contributed by atoms with E-state index in [1.807, 2.05) is 26.2 Å². The SMILES string of the molecule is CNCCN(C)C(=O)c1cccnc1N1CCCC1.Cl.Cl. The molecule has 7 heteroatoms. The van der Waals surface area contributed by atoms with Crippen LogP contribution in [0.5, 0.6) is 0 Å². The van der Waals surface area contributed by atoms with E-state index in [0.717, 1.165) is 25.5 Å². The highest BCUT2D eigenvalue weighted by atomic mass is 35.5. The van der Waals surface area contributed by atoms with E-state index in [4.69, 9.17) is 0 Å². The van der Waals surface area contributed by atoms with Crippen molar-refractivity contribution in [3.8, 4) is 0 Å². The first kappa shape index (κ1) is 20.0. The maximum Gasteiger partial charge on any atom is 0.257 e. The first-order valence-corrected chi connectivity index (χ1v) is 6.84. The minimum atomic E-state index is 0. The van der Waals surface area contributed by atoms with Crippen LogP contribution in [0.4, 0.5) is 5.82 Å². The average molecular weight is 335 g/mol. The third-order valence-corrected chi connectivity index (χ3v) is 3.47. The molecule has 0 unspecified atom stereocenters. The number of carbonyl (C=O) groups excluding carboxylic acids is 1. The number of likely N-dealkylation sites (N-methyl/N-ethyl adjacent to an activating group) is 2. The van der Waals surface area contributed by atoms with Gasteiger partial charge in [-0.25, -0.2) is 4.98 Å². The second-order valence-electron chi connectivity index (χ2n) is 4.90. The van der Waals surface area contributed by atoms with Gasteiger partial charge in [-0.3, -0.25) is 4.79 Å². The second kappa shape index (κ2) is 9.82. The monoisotopic (exact) mass is 334 g/mol. The van der Waals surface area contributed by atoms with Gasteiger partial charge in [0.2, 0.25) is 0 Å². The van der Waals surface area contributed by atoms with Crippen LogP contribution in [-0.4, -0.2) is 56.1 Å². The van der Waals surface area contributed by atoms with Crippen molar-refractivity contribution >= 4 is 36.5 Å². The summed E-state index contributed by atoms with van der Waals surface area (Å²) in [6, 6.07) is 3.71. The van der Waals surface area contributed by atoms with Gasteiger partial charge in [-0.15, -0.1) is 24.8 Å². The lowest BCUT2D eigenvalue weighted by molar-refractivity contribution is 0.0797. The second-order valence-corrected chi connectivity index (χ2v) is 4.90. The molecular formula is C14H24Cl2N4O. The Morgan fingerprint density at radius 3 is 2.67 bits per heavy atom. The lowest BCUT2D eigenvalue weighted by atomic mass is 10.2. The fourth-order valence-corrected chi connectivity index (χ4v) is 2.33. The summed E-state index contributed by atoms with van der Waals surface area (Å²) in [5, 5.41) is 3.05. The number of hydrogen-bond acceptors (Lipinski definition) is 4. The summed E-state index contributed by atoms with van der Waals surface area (Å²) in [5.41, 5.74) is 0.711. The lowest BCUT2D eigenvalue weighted by Crippen LogP contribution is -2.34. The van der Waals surface area contributed by atoms with E-state index in [1.54, 1.807) is 11.1 Å². The van der Waals surface area contributed by atoms with Gasteiger partial charge in [0.25, 0.3) is 5.91 Å². The zero-order valence-corrected chi connectivity index (χ0v) is 14.2. The van der Waals surface area contributed by atoms with Crippen LogP contribution in [0.15, 0.2) is 18.3 Å². The molecule has 1 fully saturated rings. The Bertz CT molecular complexity index is 439. The lowest BCUT2D eigenvalue weighted by Gasteiger charge is -2.22. The normalized spacial score (nSPS) is 13.3. The van der Waals surface area contributed by atoms with Crippen molar-refractivity contribution in [3.05, 3.63) is 23.9 Å². The Morgan fingerprint density at radius 2 is 2.05 bits per heavy atom. The third kappa shape index (κ3) is 5.02. The standard InChI is InChI=1S/C14H22N4O.2ClH/c1-15-8-11-17(2)14(19)12-6-5-7-16-13(12)18-9-3-4-10-18;;/h5-7,15H,3-4,8-11H2,1-2H3;2*1H. The van der Waals surface area contributed by atoms with Gasteiger partial charge < -0.3 is 15.1 Å². The Kier molecular flexibility index (Phi) is 9.33. The average Bonchev–Trinajstić information content (AvgIpc) is 2.98. The molecule has 0 radical (unpaired) electrons. The van der Waals surface area contributed by atoms with Gasteiger partial charge in [0.1, 0.15) is 5.82 Å². The van der Waals surface area contributed by atoms with Crippen LogP contribution in [0.25, 0.3) is 0 Å². The molecule has 1 aromatic heterocycles. The van der Waals surface area contributed by atoms with Gasteiger partial charge in [-0.05, 0) is 32.0 Å². The van der Waals surface area contributed by atoms with Crippen LogP contribution in [0, 0.1) is 0 Å². The van der Waals surface area contributed by atoms with Crippen molar-refractivity contribution in [1.29, 1.82) is 0 Å². The molecule has 1 amide bonds. The summed E-state index contributed by atoms with van der Waals surface area (Å²) in [4.78, 5) is 20.8. The van der Waals surface area contributed by atoms with E-state index in [0.29, 0.717) is 12.1 Å². The van der Waals surface area contributed by atoms with Gasteiger partial charge >= 0.3 is 0 Å². The Balaban J connectivity index is 0.00000200. The van der Waals surface area contributed by atoms with Gasteiger partial charge in [0.15, 0.2) is 0 Å². The fourth-order valence-electron chi connectivity index (χ4n) is 2.33. The molecule has 0 bridgehead atoms. The van der Waals surface area contributed by atoms with E-state index in [-0.39, 0.29) is 30.7 Å². The van der Waals surface area contributed by atoms with Crippen molar-refractivity contribution in [2.24, 2.45) is 0 Å². The van der Waals surface area contributed by atoms with Crippen molar-refractivity contribution in [1.82, 2.24) is 15.2 Å². The molecule has 2 heterocycles. The van der Waals surface area contributed by atoms with Crippen LogP contribution in [0.2, 0.25) is 0 Å². The largest absolute Gasteiger partial charge is 0.356 e. The van der Waals surface area contributed by atoms with Crippen molar-refractivity contribution < 1.29 is 4.79 Å². The molecule has 1 aromatic rings. The molecule has 0 aromatic carbocycles. The van der Waals surface area contributed by atoms with Crippen LogP contribution >= 0.6 is 24.8 Å². The summed E-state index contributed by atoms with van der Waals surface area (Å²) in [5.74, 6) is 0.881. The molecule has 0 spiro atoms. The molecule has 0 saturated carbocycles. The maximum absolute atomic E-state index is 12.5. The molecule has 0 atom stereocenters. The van der Waals surface area contributed by atoms with Crippen molar-refractivity contribution in [2.75, 3.05) is 45.2 Å². The number of halogens is 2. The fraction of sp³-hybridized carbons (Fsp3) is 0.571. The zero-order chi connectivity index (χ0) is 13.7. The number of carbonyl (C=O) groups is 1. The molecule has 21 heavy (non-hydrogen) atoms. The van der Waals surface area contributed by atoms with Gasteiger partial charge in [0.05, 0.1) is 5.56 Å². The molecule has 1 N–H and O–H groups in total. The van der Waals surface area contributed by atoms with Crippen molar-refractivity contribution in [3.63, 3.8) is 0 Å². The van der Waals surface area contributed by atoms with E-state index in [2.05, 4.69) is 15.2 Å². The maximum atomic E-state index is 12.5.